The van der Waals surface area contributed by atoms with Crippen LogP contribution in [0.2, 0.25) is 0 Å². The molecule has 130 valence electrons. The van der Waals surface area contributed by atoms with E-state index < -0.39 is 10.9 Å². The molecule has 0 atom stereocenters. The first kappa shape index (κ1) is 16.9. The Bertz CT molecular complexity index is 977. The van der Waals surface area contributed by atoms with Gasteiger partial charge in [0.2, 0.25) is 0 Å². The lowest BCUT2D eigenvalue weighted by Crippen LogP contribution is -1.96. The predicted molar refractivity (Wildman–Crippen MR) is 95.4 cm³/mol. The minimum atomic E-state index is -1.00. The number of carboxylic acids is 1. The van der Waals surface area contributed by atoms with Gasteiger partial charge < -0.3 is 9.52 Å². The lowest BCUT2D eigenvalue weighted by molar-refractivity contribution is -0.384. The van der Waals surface area contributed by atoms with Crippen LogP contribution in [0, 0.1) is 10.1 Å². The lowest BCUT2D eigenvalue weighted by atomic mass is 10.1. The van der Waals surface area contributed by atoms with Crippen LogP contribution in [0.4, 0.5) is 11.4 Å². The Balaban J connectivity index is 1.72. The molecular formula is C18H13N3O5. The number of rotatable bonds is 6. The van der Waals surface area contributed by atoms with Crippen LogP contribution in [0.15, 0.2) is 70.2 Å². The molecule has 0 radical (unpaired) electrons. The number of nitrogens with zero attached hydrogens (tertiary/aromatic N) is 2. The Labute approximate surface area is 147 Å². The summed E-state index contributed by atoms with van der Waals surface area (Å²) < 4.78 is 5.58. The first-order chi connectivity index (χ1) is 12.5. The number of hydrogen-bond acceptors (Lipinski definition) is 6. The zero-order chi connectivity index (χ0) is 18.5. The summed E-state index contributed by atoms with van der Waals surface area (Å²) in [4.78, 5) is 21.4. The van der Waals surface area contributed by atoms with Crippen molar-refractivity contribution >= 4 is 23.6 Å². The quantitative estimate of drug-likeness (QED) is 0.394. The van der Waals surface area contributed by atoms with E-state index in [0.717, 1.165) is 0 Å². The molecule has 0 bridgehead atoms. The van der Waals surface area contributed by atoms with Crippen molar-refractivity contribution in [2.45, 2.75) is 0 Å². The maximum absolute atomic E-state index is 11.1. The van der Waals surface area contributed by atoms with Crippen molar-refractivity contribution in [1.29, 1.82) is 0 Å². The van der Waals surface area contributed by atoms with Crippen LogP contribution < -0.4 is 5.43 Å². The second-order valence-corrected chi connectivity index (χ2v) is 5.23. The van der Waals surface area contributed by atoms with E-state index in [1.807, 2.05) is 0 Å². The molecule has 1 heterocycles. The maximum atomic E-state index is 11.1. The zero-order valence-corrected chi connectivity index (χ0v) is 13.3. The number of nitro benzene ring substituents is 1. The number of nitro groups is 1. The maximum Gasteiger partial charge on any atom is 0.335 e. The highest BCUT2D eigenvalue weighted by Crippen LogP contribution is 2.30. The predicted octanol–water partition coefficient (Wildman–Crippen LogP) is 4.00. The van der Waals surface area contributed by atoms with Crippen LogP contribution in [-0.4, -0.2) is 22.2 Å². The molecule has 8 nitrogen and oxygen atoms in total. The summed E-state index contributed by atoms with van der Waals surface area (Å²) in [5.74, 6) is -0.226. The molecule has 0 saturated carbocycles. The molecule has 0 aliphatic carbocycles. The monoisotopic (exact) mass is 351 g/mol. The average molecular weight is 351 g/mol. The van der Waals surface area contributed by atoms with Crippen LogP contribution in [0.25, 0.3) is 11.3 Å². The number of anilines is 1. The standard InChI is InChI=1S/C18H13N3O5/c22-18(23)12-5-7-13(8-6-12)20-19-11-14-9-10-17(26-14)15-3-1-2-4-16(15)21(24)25/h1-11,20H,(H,22,23). The molecule has 0 aliphatic rings. The molecule has 2 aromatic carbocycles. The third-order valence-corrected chi connectivity index (χ3v) is 3.51. The summed E-state index contributed by atoms with van der Waals surface area (Å²) in [7, 11) is 0. The average Bonchev–Trinajstić information content (AvgIpc) is 3.11. The number of carbonyl (C=O) groups is 1. The van der Waals surface area contributed by atoms with Gasteiger partial charge in [0.15, 0.2) is 0 Å². The van der Waals surface area contributed by atoms with Gasteiger partial charge in [-0.2, -0.15) is 5.10 Å². The summed E-state index contributed by atoms with van der Waals surface area (Å²) in [6.45, 7) is 0. The number of furan rings is 1. The van der Waals surface area contributed by atoms with Crippen molar-refractivity contribution in [2.75, 3.05) is 5.43 Å². The van der Waals surface area contributed by atoms with E-state index in [2.05, 4.69) is 10.5 Å². The van der Waals surface area contributed by atoms with Gasteiger partial charge in [-0.05, 0) is 42.5 Å². The number of hydrazone groups is 1. The van der Waals surface area contributed by atoms with Gasteiger partial charge in [-0.15, -0.1) is 0 Å². The molecule has 26 heavy (non-hydrogen) atoms. The molecule has 3 aromatic rings. The molecule has 0 amide bonds. The van der Waals surface area contributed by atoms with E-state index in [1.165, 1.54) is 24.4 Å². The van der Waals surface area contributed by atoms with Crippen LogP contribution in [0.1, 0.15) is 16.1 Å². The van der Waals surface area contributed by atoms with E-state index >= 15 is 0 Å². The highest BCUT2D eigenvalue weighted by atomic mass is 16.6. The Hall–Kier alpha value is -3.94. The second kappa shape index (κ2) is 7.31. The number of hydrogen-bond donors (Lipinski definition) is 2. The normalized spacial score (nSPS) is 10.8. The number of para-hydroxylation sites is 1. The molecule has 0 fully saturated rings. The highest BCUT2D eigenvalue weighted by Gasteiger charge is 2.16. The minimum Gasteiger partial charge on any atom is -0.478 e. The smallest absolute Gasteiger partial charge is 0.335 e. The van der Waals surface area contributed by atoms with Gasteiger partial charge in [-0.1, -0.05) is 12.1 Å². The van der Waals surface area contributed by atoms with Crippen LogP contribution in [-0.2, 0) is 0 Å². The molecule has 8 heteroatoms. The molecule has 0 spiro atoms. The molecule has 3 rings (SSSR count). The molecule has 1 aromatic heterocycles. The molecular weight excluding hydrogens is 338 g/mol. The van der Waals surface area contributed by atoms with Gasteiger partial charge in [-0.25, -0.2) is 4.79 Å². The van der Waals surface area contributed by atoms with Crippen molar-refractivity contribution < 1.29 is 19.2 Å². The van der Waals surface area contributed by atoms with E-state index in [9.17, 15) is 14.9 Å². The van der Waals surface area contributed by atoms with Crippen LogP contribution in [0.3, 0.4) is 0 Å². The summed E-state index contributed by atoms with van der Waals surface area (Å²) in [5, 5.41) is 23.9. The fourth-order valence-corrected chi connectivity index (χ4v) is 2.27. The lowest BCUT2D eigenvalue weighted by Gasteiger charge is -2.00. The zero-order valence-electron chi connectivity index (χ0n) is 13.3. The van der Waals surface area contributed by atoms with Gasteiger partial charge in [0.1, 0.15) is 11.5 Å². The Kier molecular flexibility index (Phi) is 4.75. The van der Waals surface area contributed by atoms with E-state index in [1.54, 1.807) is 42.5 Å². The molecule has 0 saturated heterocycles. The van der Waals surface area contributed by atoms with Gasteiger partial charge >= 0.3 is 5.97 Å². The number of nitrogens with one attached hydrogen (secondary N) is 1. The first-order valence-corrected chi connectivity index (χ1v) is 7.50. The van der Waals surface area contributed by atoms with E-state index in [0.29, 0.717) is 22.8 Å². The van der Waals surface area contributed by atoms with Crippen molar-refractivity contribution in [3.63, 3.8) is 0 Å². The van der Waals surface area contributed by atoms with Gasteiger partial charge in [0, 0.05) is 6.07 Å². The fourth-order valence-electron chi connectivity index (χ4n) is 2.27. The number of aromatic carboxylic acids is 1. The Morgan fingerprint density at radius 2 is 1.85 bits per heavy atom. The number of carboxylic acid groups (broad SMARTS) is 1. The third-order valence-electron chi connectivity index (χ3n) is 3.51. The summed E-state index contributed by atoms with van der Waals surface area (Å²) in [5.41, 5.74) is 3.88. The van der Waals surface area contributed by atoms with Crippen molar-refractivity contribution in [3.05, 3.63) is 82.1 Å². The van der Waals surface area contributed by atoms with Gasteiger partial charge in [0.05, 0.1) is 28.0 Å². The van der Waals surface area contributed by atoms with Crippen molar-refractivity contribution in [3.8, 4) is 11.3 Å². The van der Waals surface area contributed by atoms with E-state index in [-0.39, 0.29) is 11.3 Å². The van der Waals surface area contributed by atoms with Crippen LogP contribution >= 0.6 is 0 Å². The fraction of sp³-hybridized carbons (Fsp3) is 0. The Morgan fingerprint density at radius 1 is 1.12 bits per heavy atom. The summed E-state index contributed by atoms with van der Waals surface area (Å²) in [6.07, 6.45) is 1.42. The largest absolute Gasteiger partial charge is 0.478 e. The minimum absolute atomic E-state index is 0.0398. The summed E-state index contributed by atoms with van der Waals surface area (Å²) >= 11 is 0. The van der Waals surface area contributed by atoms with Crippen molar-refractivity contribution in [2.24, 2.45) is 5.10 Å². The van der Waals surface area contributed by atoms with Gasteiger partial charge in [-0.3, -0.25) is 15.5 Å². The highest BCUT2D eigenvalue weighted by molar-refractivity contribution is 5.88. The SMILES string of the molecule is O=C(O)c1ccc(NN=Cc2ccc(-c3ccccc3[N+](=O)[O-])o2)cc1. The first-order valence-electron chi connectivity index (χ1n) is 7.50. The van der Waals surface area contributed by atoms with E-state index in [4.69, 9.17) is 9.52 Å². The van der Waals surface area contributed by atoms with Crippen molar-refractivity contribution in [1.82, 2.24) is 0 Å². The Morgan fingerprint density at radius 3 is 2.54 bits per heavy atom. The molecule has 2 N–H and O–H groups in total. The number of benzene rings is 2. The topological polar surface area (TPSA) is 118 Å². The summed E-state index contributed by atoms with van der Waals surface area (Å²) in [6, 6.07) is 15.7. The third kappa shape index (κ3) is 3.75. The van der Waals surface area contributed by atoms with Crippen LogP contribution in [0.5, 0.6) is 0 Å². The molecule has 0 unspecified atom stereocenters. The van der Waals surface area contributed by atoms with Gasteiger partial charge in [0.25, 0.3) is 5.69 Å². The molecule has 0 aliphatic heterocycles. The second-order valence-electron chi connectivity index (χ2n) is 5.23.